The SMILES string of the molecule is CN(C(=O)c1ccc(Cl)cc1[N+](=O)[O-])C1CCNC1. The number of carbonyl (C=O) groups is 1. The number of amides is 1. The number of hydrogen-bond donors (Lipinski definition) is 1. The molecule has 1 amide bonds. The molecule has 0 aromatic heterocycles. The van der Waals surface area contributed by atoms with Crippen LogP contribution in [0.4, 0.5) is 5.69 Å². The van der Waals surface area contributed by atoms with Crippen LogP contribution in [0, 0.1) is 10.1 Å². The molecule has 7 heteroatoms. The first kappa shape index (κ1) is 13.8. The van der Waals surface area contributed by atoms with Gasteiger partial charge in [0.2, 0.25) is 0 Å². The number of nitro benzene ring substituents is 1. The van der Waals surface area contributed by atoms with Crippen LogP contribution >= 0.6 is 11.6 Å². The Hall–Kier alpha value is -1.66. The summed E-state index contributed by atoms with van der Waals surface area (Å²) in [5.74, 6) is -0.350. The largest absolute Gasteiger partial charge is 0.337 e. The summed E-state index contributed by atoms with van der Waals surface area (Å²) in [5, 5.41) is 14.4. The van der Waals surface area contributed by atoms with Crippen LogP contribution in [-0.2, 0) is 0 Å². The predicted octanol–water partition coefficient (Wildman–Crippen LogP) is 1.68. The number of nitro groups is 1. The molecule has 1 unspecified atom stereocenters. The van der Waals surface area contributed by atoms with E-state index in [0.29, 0.717) is 6.54 Å². The van der Waals surface area contributed by atoms with E-state index >= 15 is 0 Å². The molecule has 1 aliphatic rings. The van der Waals surface area contributed by atoms with Crippen molar-refractivity contribution in [3.8, 4) is 0 Å². The van der Waals surface area contributed by atoms with Crippen LogP contribution in [0.25, 0.3) is 0 Å². The molecule has 2 rings (SSSR count). The zero-order valence-corrected chi connectivity index (χ0v) is 11.2. The molecule has 6 nitrogen and oxygen atoms in total. The first-order chi connectivity index (χ1) is 9.00. The van der Waals surface area contributed by atoms with Crippen LogP contribution in [0.5, 0.6) is 0 Å². The number of nitrogens with zero attached hydrogens (tertiary/aromatic N) is 2. The van der Waals surface area contributed by atoms with Gasteiger partial charge in [0, 0.05) is 30.7 Å². The lowest BCUT2D eigenvalue weighted by Crippen LogP contribution is -2.38. The minimum absolute atomic E-state index is 0.0720. The fraction of sp³-hybridized carbons (Fsp3) is 0.417. The third-order valence-corrected chi connectivity index (χ3v) is 3.52. The van der Waals surface area contributed by atoms with Gasteiger partial charge in [-0.25, -0.2) is 0 Å². The fourth-order valence-electron chi connectivity index (χ4n) is 2.16. The summed E-state index contributed by atoms with van der Waals surface area (Å²) in [5.41, 5.74) is -0.181. The van der Waals surface area contributed by atoms with E-state index in [-0.39, 0.29) is 28.2 Å². The van der Waals surface area contributed by atoms with Gasteiger partial charge in [-0.1, -0.05) is 11.6 Å². The van der Waals surface area contributed by atoms with Crippen LogP contribution in [0.1, 0.15) is 16.8 Å². The zero-order chi connectivity index (χ0) is 14.0. The maximum Gasteiger partial charge on any atom is 0.283 e. The Morgan fingerprint density at radius 1 is 1.58 bits per heavy atom. The first-order valence-electron chi connectivity index (χ1n) is 5.92. The molecule has 1 saturated heterocycles. The minimum Gasteiger partial charge on any atom is -0.337 e. The van der Waals surface area contributed by atoms with Gasteiger partial charge in [-0.3, -0.25) is 14.9 Å². The highest BCUT2D eigenvalue weighted by Gasteiger charge is 2.28. The molecule has 19 heavy (non-hydrogen) atoms. The fourth-order valence-corrected chi connectivity index (χ4v) is 2.33. The van der Waals surface area contributed by atoms with Crippen molar-refractivity contribution in [3.05, 3.63) is 38.9 Å². The topological polar surface area (TPSA) is 75.5 Å². The van der Waals surface area contributed by atoms with Gasteiger partial charge in [-0.2, -0.15) is 0 Å². The molecule has 0 radical (unpaired) electrons. The lowest BCUT2D eigenvalue weighted by atomic mass is 10.1. The van der Waals surface area contributed by atoms with Gasteiger partial charge in [0.15, 0.2) is 0 Å². The van der Waals surface area contributed by atoms with E-state index in [2.05, 4.69) is 5.32 Å². The summed E-state index contributed by atoms with van der Waals surface area (Å²) < 4.78 is 0. The summed E-state index contributed by atoms with van der Waals surface area (Å²) in [6.07, 6.45) is 0.851. The van der Waals surface area contributed by atoms with Crippen LogP contribution in [0.15, 0.2) is 18.2 Å². The molecule has 102 valence electrons. The van der Waals surface area contributed by atoms with Crippen molar-refractivity contribution in [1.82, 2.24) is 10.2 Å². The highest BCUT2D eigenvalue weighted by Crippen LogP contribution is 2.25. The van der Waals surface area contributed by atoms with Crippen LogP contribution in [-0.4, -0.2) is 41.9 Å². The molecular formula is C12H14ClN3O3. The number of rotatable bonds is 3. The van der Waals surface area contributed by atoms with E-state index in [0.717, 1.165) is 13.0 Å². The molecule has 1 N–H and O–H groups in total. The van der Waals surface area contributed by atoms with Crippen molar-refractivity contribution in [2.45, 2.75) is 12.5 Å². The Balaban J connectivity index is 2.30. The lowest BCUT2D eigenvalue weighted by molar-refractivity contribution is -0.385. The maximum atomic E-state index is 12.3. The number of halogens is 1. The maximum absolute atomic E-state index is 12.3. The second-order valence-electron chi connectivity index (χ2n) is 4.48. The normalized spacial score (nSPS) is 18.3. The van der Waals surface area contributed by atoms with Crippen LogP contribution < -0.4 is 5.32 Å². The average Bonchev–Trinajstić information content (AvgIpc) is 2.90. The summed E-state index contributed by atoms with van der Waals surface area (Å²) in [6, 6.07) is 4.17. The van der Waals surface area contributed by atoms with E-state index in [4.69, 9.17) is 11.6 Å². The average molecular weight is 284 g/mol. The molecule has 0 saturated carbocycles. The molecule has 0 bridgehead atoms. The van der Waals surface area contributed by atoms with Crippen molar-refractivity contribution < 1.29 is 9.72 Å². The minimum atomic E-state index is -0.583. The smallest absolute Gasteiger partial charge is 0.283 e. The van der Waals surface area contributed by atoms with Gasteiger partial charge in [0.25, 0.3) is 11.6 Å². The second-order valence-corrected chi connectivity index (χ2v) is 4.92. The van der Waals surface area contributed by atoms with Gasteiger partial charge in [-0.15, -0.1) is 0 Å². The Morgan fingerprint density at radius 3 is 2.89 bits per heavy atom. The van der Waals surface area contributed by atoms with E-state index < -0.39 is 4.92 Å². The Bertz CT molecular complexity index is 515. The second kappa shape index (κ2) is 5.54. The first-order valence-corrected chi connectivity index (χ1v) is 6.30. The quantitative estimate of drug-likeness (QED) is 0.676. The van der Waals surface area contributed by atoms with Gasteiger partial charge in [-0.05, 0) is 25.1 Å². The molecule has 0 aliphatic carbocycles. The molecule has 1 heterocycles. The summed E-state index contributed by atoms with van der Waals surface area (Å²) in [7, 11) is 1.67. The zero-order valence-electron chi connectivity index (χ0n) is 10.4. The van der Waals surface area contributed by atoms with E-state index in [1.807, 2.05) is 0 Å². The van der Waals surface area contributed by atoms with E-state index in [1.54, 1.807) is 11.9 Å². The summed E-state index contributed by atoms with van der Waals surface area (Å²) in [6.45, 7) is 1.56. The highest BCUT2D eigenvalue weighted by molar-refractivity contribution is 6.31. The molecular weight excluding hydrogens is 270 g/mol. The van der Waals surface area contributed by atoms with E-state index in [9.17, 15) is 14.9 Å². The van der Waals surface area contributed by atoms with Crippen LogP contribution in [0.2, 0.25) is 5.02 Å². The van der Waals surface area contributed by atoms with E-state index in [1.165, 1.54) is 18.2 Å². The van der Waals surface area contributed by atoms with Crippen LogP contribution in [0.3, 0.4) is 0 Å². The number of benzene rings is 1. The lowest BCUT2D eigenvalue weighted by Gasteiger charge is -2.23. The Labute approximate surface area is 115 Å². The number of nitrogens with one attached hydrogen (secondary N) is 1. The molecule has 1 fully saturated rings. The standard InChI is InChI=1S/C12H14ClN3O3/c1-15(9-4-5-14-7-9)12(17)10-3-2-8(13)6-11(10)16(18)19/h2-3,6,9,14H,4-5,7H2,1H3. The predicted molar refractivity (Wildman–Crippen MR) is 71.5 cm³/mol. The monoisotopic (exact) mass is 283 g/mol. The van der Waals surface area contributed by atoms with Gasteiger partial charge in [0.05, 0.1) is 4.92 Å². The summed E-state index contributed by atoms with van der Waals surface area (Å²) in [4.78, 5) is 24.3. The molecule has 1 aromatic carbocycles. The van der Waals surface area contributed by atoms with Crippen molar-refractivity contribution >= 4 is 23.2 Å². The van der Waals surface area contributed by atoms with Crippen molar-refractivity contribution in [1.29, 1.82) is 0 Å². The Morgan fingerprint density at radius 2 is 2.32 bits per heavy atom. The molecule has 0 spiro atoms. The van der Waals surface area contributed by atoms with Crippen molar-refractivity contribution in [2.24, 2.45) is 0 Å². The number of hydrogen-bond acceptors (Lipinski definition) is 4. The highest BCUT2D eigenvalue weighted by atomic mass is 35.5. The van der Waals surface area contributed by atoms with Gasteiger partial charge in [0.1, 0.15) is 5.56 Å². The Kier molecular flexibility index (Phi) is 4.01. The molecule has 1 aliphatic heterocycles. The van der Waals surface area contributed by atoms with Gasteiger partial charge < -0.3 is 10.2 Å². The molecule has 1 aromatic rings. The van der Waals surface area contributed by atoms with Crippen molar-refractivity contribution in [2.75, 3.05) is 20.1 Å². The molecule has 1 atom stereocenters. The van der Waals surface area contributed by atoms with Crippen molar-refractivity contribution in [3.63, 3.8) is 0 Å². The third-order valence-electron chi connectivity index (χ3n) is 3.29. The third kappa shape index (κ3) is 2.85. The van der Waals surface area contributed by atoms with Gasteiger partial charge >= 0.3 is 0 Å². The summed E-state index contributed by atoms with van der Waals surface area (Å²) >= 11 is 5.73. The number of likely N-dealkylation sites (N-methyl/N-ethyl adjacent to an activating group) is 1. The number of carbonyl (C=O) groups excluding carboxylic acids is 1.